The van der Waals surface area contributed by atoms with E-state index in [0.29, 0.717) is 10.8 Å². The zero-order valence-corrected chi connectivity index (χ0v) is 19.2. The predicted molar refractivity (Wildman–Crippen MR) is 129 cm³/mol. The minimum atomic E-state index is -3.66. The lowest BCUT2D eigenvalue weighted by molar-refractivity contribution is -0.115. The van der Waals surface area contributed by atoms with Crippen molar-refractivity contribution in [2.24, 2.45) is 0 Å². The summed E-state index contributed by atoms with van der Waals surface area (Å²) in [4.78, 5) is 18.1. The highest BCUT2D eigenvalue weighted by molar-refractivity contribution is 8.00. The van der Waals surface area contributed by atoms with Crippen LogP contribution >= 0.6 is 23.1 Å². The highest BCUT2D eigenvalue weighted by atomic mass is 32.2. The average Bonchev–Trinajstić information content (AvgIpc) is 3.32. The van der Waals surface area contributed by atoms with Crippen molar-refractivity contribution >= 4 is 49.8 Å². The first-order chi connectivity index (χ1) is 15.5. The summed E-state index contributed by atoms with van der Waals surface area (Å²) in [5.41, 5.74) is 1.31. The van der Waals surface area contributed by atoms with Crippen LogP contribution < -0.4 is 10.0 Å². The molecule has 4 rings (SSSR count). The number of amides is 1. The Morgan fingerprint density at radius 1 is 0.906 bits per heavy atom. The number of nitrogens with zero attached hydrogens (tertiary/aromatic N) is 1. The fraction of sp³-hybridized carbons (Fsp3) is 0.0435. The Labute approximate surface area is 194 Å². The lowest BCUT2D eigenvalue weighted by atomic mass is 10.1. The fourth-order valence-corrected chi connectivity index (χ4v) is 5.54. The molecule has 1 amide bonds. The molecule has 0 aliphatic heterocycles. The fourth-order valence-electron chi connectivity index (χ4n) is 2.91. The van der Waals surface area contributed by atoms with Crippen molar-refractivity contribution in [2.75, 3.05) is 10.0 Å². The molecular weight excluding hydrogens is 462 g/mol. The van der Waals surface area contributed by atoms with Crippen molar-refractivity contribution in [1.82, 2.24) is 4.98 Å². The molecule has 9 heteroatoms. The Balaban J connectivity index is 1.51. The normalized spacial score (nSPS) is 12.1. The van der Waals surface area contributed by atoms with Crippen LogP contribution in [0.2, 0.25) is 0 Å². The van der Waals surface area contributed by atoms with Crippen molar-refractivity contribution in [3.05, 3.63) is 102 Å². The van der Waals surface area contributed by atoms with Crippen LogP contribution in [0.4, 0.5) is 10.8 Å². The number of hydrogen-bond acceptors (Lipinski definition) is 6. The molecule has 3 aromatic carbocycles. The van der Waals surface area contributed by atoms with E-state index in [9.17, 15) is 13.2 Å². The topological polar surface area (TPSA) is 88.2 Å². The van der Waals surface area contributed by atoms with E-state index in [2.05, 4.69) is 15.0 Å². The van der Waals surface area contributed by atoms with Gasteiger partial charge in [-0.1, -0.05) is 48.5 Å². The number of thiazole rings is 1. The zero-order valence-electron chi connectivity index (χ0n) is 16.7. The van der Waals surface area contributed by atoms with Gasteiger partial charge in [0.15, 0.2) is 5.13 Å². The molecule has 0 bridgehead atoms. The molecule has 4 aromatic rings. The molecule has 0 aliphatic rings. The molecule has 0 radical (unpaired) electrons. The summed E-state index contributed by atoms with van der Waals surface area (Å²) in [6.07, 6.45) is 1.64. The van der Waals surface area contributed by atoms with Gasteiger partial charge in [0.2, 0.25) is 5.91 Å². The van der Waals surface area contributed by atoms with Gasteiger partial charge >= 0.3 is 0 Å². The van der Waals surface area contributed by atoms with Crippen LogP contribution in [-0.2, 0) is 14.8 Å². The van der Waals surface area contributed by atoms with Crippen LogP contribution in [0.3, 0.4) is 0 Å². The number of aromatic nitrogens is 1. The summed E-state index contributed by atoms with van der Waals surface area (Å²) in [6.45, 7) is 0. The quantitative estimate of drug-likeness (QED) is 0.328. The standard InChI is InChI=1S/C23H19N3O3S3/c27-22(25-23-24-15-16-30-23)21(17-7-3-1-4-8-17)31-19-13-11-18(12-14-19)26-32(28,29)20-9-5-2-6-10-20/h1-16,21,26H,(H,24,25,27). The van der Waals surface area contributed by atoms with E-state index < -0.39 is 15.3 Å². The smallest absolute Gasteiger partial charge is 0.261 e. The Morgan fingerprint density at radius 3 is 2.19 bits per heavy atom. The van der Waals surface area contributed by atoms with Gasteiger partial charge in [-0.25, -0.2) is 13.4 Å². The van der Waals surface area contributed by atoms with Gasteiger partial charge in [0, 0.05) is 22.2 Å². The van der Waals surface area contributed by atoms with E-state index in [1.54, 1.807) is 54.0 Å². The molecule has 2 N–H and O–H groups in total. The van der Waals surface area contributed by atoms with Gasteiger partial charge in [0.05, 0.1) is 4.90 Å². The van der Waals surface area contributed by atoms with Gasteiger partial charge in [0.25, 0.3) is 10.0 Å². The Kier molecular flexibility index (Phi) is 6.89. The molecule has 0 fully saturated rings. The van der Waals surface area contributed by atoms with Gasteiger partial charge in [-0.2, -0.15) is 0 Å². The van der Waals surface area contributed by atoms with Crippen molar-refractivity contribution in [1.29, 1.82) is 0 Å². The Hall–Kier alpha value is -3.14. The number of thioether (sulfide) groups is 1. The molecule has 1 heterocycles. The van der Waals surface area contributed by atoms with Crippen LogP contribution in [0.15, 0.2) is 106 Å². The van der Waals surface area contributed by atoms with Gasteiger partial charge in [-0.05, 0) is 42.0 Å². The first-order valence-electron chi connectivity index (χ1n) is 9.61. The summed E-state index contributed by atoms with van der Waals surface area (Å²) in [7, 11) is -3.66. The summed E-state index contributed by atoms with van der Waals surface area (Å²) < 4.78 is 27.6. The summed E-state index contributed by atoms with van der Waals surface area (Å²) in [5, 5.41) is 4.71. The molecule has 0 spiro atoms. The van der Waals surface area contributed by atoms with Crippen LogP contribution in [0.5, 0.6) is 0 Å². The Morgan fingerprint density at radius 2 is 1.56 bits per heavy atom. The largest absolute Gasteiger partial charge is 0.301 e. The van der Waals surface area contributed by atoms with Crippen LogP contribution in [0.1, 0.15) is 10.8 Å². The molecular formula is C23H19N3O3S3. The number of carbonyl (C=O) groups excluding carboxylic acids is 1. The van der Waals surface area contributed by atoms with E-state index >= 15 is 0 Å². The third-order valence-electron chi connectivity index (χ3n) is 4.42. The minimum absolute atomic E-state index is 0.176. The van der Waals surface area contributed by atoms with Gasteiger partial charge in [0.1, 0.15) is 5.25 Å². The molecule has 0 aliphatic carbocycles. The molecule has 32 heavy (non-hydrogen) atoms. The second kappa shape index (κ2) is 9.99. The highest BCUT2D eigenvalue weighted by Crippen LogP contribution is 2.37. The predicted octanol–water partition coefficient (Wildman–Crippen LogP) is 5.42. The molecule has 1 unspecified atom stereocenters. The van der Waals surface area contributed by atoms with Crippen LogP contribution in [0, 0.1) is 0 Å². The first kappa shape index (κ1) is 22.1. The van der Waals surface area contributed by atoms with E-state index in [1.807, 2.05) is 30.3 Å². The Bertz CT molecular complexity index is 1260. The van der Waals surface area contributed by atoms with E-state index in [1.165, 1.54) is 35.2 Å². The summed E-state index contributed by atoms with van der Waals surface area (Å²) in [6, 6.07) is 24.6. The number of benzene rings is 3. The van der Waals surface area contributed by atoms with Gasteiger partial charge in [-0.3, -0.25) is 9.52 Å². The average molecular weight is 482 g/mol. The minimum Gasteiger partial charge on any atom is -0.301 e. The number of rotatable bonds is 8. The van der Waals surface area contributed by atoms with Crippen molar-refractivity contribution < 1.29 is 13.2 Å². The number of carbonyl (C=O) groups is 1. The second-order valence-electron chi connectivity index (χ2n) is 6.68. The van der Waals surface area contributed by atoms with Gasteiger partial charge < -0.3 is 5.32 Å². The van der Waals surface area contributed by atoms with E-state index in [-0.39, 0.29) is 10.8 Å². The molecule has 1 aromatic heterocycles. The third-order valence-corrected chi connectivity index (χ3v) is 7.77. The number of hydrogen-bond donors (Lipinski definition) is 2. The second-order valence-corrected chi connectivity index (χ2v) is 10.4. The molecule has 162 valence electrons. The maximum atomic E-state index is 13.0. The number of anilines is 2. The molecule has 1 atom stereocenters. The summed E-state index contributed by atoms with van der Waals surface area (Å²) >= 11 is 2.74. The highest BCUT2D eigenvalue weighted by Gasteiger charge is 2.23. The monoisotopic (exact) mass is 481 g/mol. The maximum absolute atomic E-state index is 13.0. The summed E-state index contributed by atoms with van der Waals surface area (Å²) in [5.74, 6) is -0.176. The lowest BCUT2D eigenvalue weighted by Crippen LogP contribution is -2.18. The van der Waals surface area contributed by atoms with Crippen molar-refractivity contribution in [3.8, 4) is 0 Å². The molecule has 0 saturated heterocycles. The third kappa shape index (κ3) is 5.56. The zero-order chi connectivity index (χ0) is 22.4. The molecule has 6 nitrogen and oxygen atoms in total. The van der Waals surface area contributed by atoms with E-state index in [0.717, 1.165) is 10.5 Å². The van der Waals surface area contributed by atoms with E-state index in [4.69, 9.17) is 0 Å². The number of sulfonamides is 1. The van der Waals surface area contributed by atoms with Crippen LogP contribution in [0.25, 0.3) is 0 Å². The van der Waals surface area contributed by atoms with Crippen LogP contribution in [-0.4, -0.2) is 19.3 Å². The lowest BCUT2D eigenvalue weighted by Gasteiger charge is -2.16. The molecule has 0 saturated carbocycles. The first-order valence-corrected chi connectivity index (χ1v) is 12.9. The van der Waals surface area contributed by atoms with Gasteiger partial charge in [-0.15, -0.1) is 23.1 Å². The maximum Gasteiger partial charge on any atom is 0.261 e. The SMILES string of the molecule is O=C(Nc1nccs1)C(Sc1ccc(NS(=O)(=O)c2ccccc2)cc1)c1ccccc1. The van der Waals surface area contributed by atoms with Crippen molar-refractivity contribution in [3.63, 3.8) is 0 Å². The van der Waals surface area contributed by atoms with Crippen molar-refractivity contribution in [2.45, 2.75) is 15.0 Å². The number of nitrogens with one attached hydrogen (secondary N) is 2.